The van der Waals surface area contributed by atoms with E-state index in [2.05, 4.69) is 20.6 Å². The van der Waals surface area contributed by atoms with Crippen molar-refractivity contribution in [1.82, 2.24) is 19.9 Å². The van der Waals surface area contributed by atoms with Gasteiger partial charge in [-0.2, -0.15) is 4.98 Å². The minimum Gasteiger partial charge on any atom is -0.359 e. The maximum Gasteiger partial charge on any atom is 0.273 e. The number of fused-ring (bicyclic) bond motifs is 1. The Labute approximate surface area is 187 Å². The number of hydrogen-bond acceptors (Lipinski definition) is 7. The number of aromatic nitrogens is 3. The third-order valence-corrected chi connectivity index (χ3v) is 6.62. The van der Waals surface area contributed by atoms with Crippen molar-refractivity contribution in [2.45, 2.75) is 26.3 Å². The van der Waals surface area contributed by atoms with Crippen LogP contribution in [0, 0.1) is 18.7 Å². The van der Waals surface area contributed by atoms with Gasteiger partial charge in [-0.15, -0.1) is 0 Å². The summed E-state index contributed by atoms with van der Waals surface area (Å²) in [6.07, 6.45) is 2.72. The second kappa shape index (κ2) is 9.03. The third-order valence-electron chi connectivity index (χ3n) is 5.52. The van der Waals surface area contributed by atoms with Crippen LogP contribution in [-0.4, -0.2) is 46.5 Å². The molecule has 0 spiro atoms. The lowest BCUT2D eigenvalue weighted by molar-refractivity contribution is -0.125. The Balaban J connectivity index is 1.47. The van der Waals surface area contributed by atoms with Crippen LogP contribution in [0.3, 0.4) is 0 Å². The average Bonchev–Trinajstić information content (AvgIpc) is 3.23. The van der Waals surface area contributed by atoms with Crippen LogP contribution in [0.5, 0.6) is 0 Å². The topological polar surface area (TPSA) is 109 Å². The standard InChI is InChI=1S/C21H23FN6O3S/c1-12-3-4-14(9-15(12)22)25-16(29)10-28-11-24-18-17(20(28)31)32-21(26-18)27-7-5-13(6-8-27)19(30)23-2/h3-4,9,11,13H,5-8,10H2,1-2H3,(H,23,30)(H,25,29). The number of hydrogen-bond donors (Lipinski definition) is 2. The number of nitrogens with one attached hydrogen (secondary N) is 2. The molecule has 1 aliphatic rings. The molecule has 0 aliphatic carbocycles. The Kier molecular flexibility index (Phi) is 6.17. The molecule has 0 atom stereocenters. The molecule has 32 heavy (non-hydrogen) atoms. The Bertz CT molecular complexity index is 1230. The lowest BCUT2D eigenvalue weighted by Gasteiger charge is -2.30. The second-order valence-electron chi connectivity index (χ2n) is 7.71. The van der Waals surface area contributed by atoms with Crippen molar-refractivity contribution in [3.8, 4) is 0 Å². The van der Waals surface area contributed by atoms with Gasteiger partial charge in [0.2, 0.25) is 11.8 Å². The summed E-state index contributed by atoms with van der Waals surface area (Å²) in [5.74, 6) is -0.844. The Morgan fingerprint density at radius 1 is 1.28 bits per heavy atom. The van der Waals surface area contributed by atoms with Gasteiger partial charge in [-0.25, -0.2) is 9.37 Å². The molecule has 0 saturated carbocycles. The van der Waals surface area contributed by atoms with Gasteiger partial charge in [0.1, 0.15) is 23.4 Å². The number of anilines is 2. The van der Waals surface area contributed by atoms with Crippen molar-refractivity contribution in [1.29, 1.82) is 0 Å². The number of piperidine rings is 1. The molecular formula is C21H23FN6O3S. The van der Waals surface area contributed by atoms with Gasteiger partial charge in [0.05, 0.1) is 0 Å². The molecule has 1 aliphatic heterocycles. The molecule has 1 saturated heterocycles. The van der Waals surface area contributed by atoms with Crippen LogP contribution in [0.2, 0.25) is 0 Å². The number of rotatable bonds is 5. The van der Waals surface area contributed by atoms with Crippen LogP contribution < -0.4 is 21.1 Å². The summed E-state index contributed by atoms with van der Waals surface area (Å²) in [6.45, 7) is 2.72. The molecule has 1 fully saturated rings. The highest BCUT2D eigenvalue weighted by molar-refractivity contribution is 7.22. The number of benzene rings is 1. The van der Waals surface area contributed by atoms with Crippen LogP contribution in [0.15, 0.2) is 29.3 Å². The van der Waals surface area contributed by atoms with E-state index >= 15 is 0 Å². The monoisotopic (exact) mass is 458 g/mol. The summed E-state index contributed by atoms with van der Waals surface area (Å²) in [5.41, 5.74) is 0.776. The van der Waals surface area contributed by atoms with Gasteiger partial charge in [-0.05, 0) is 37.5 Å². The number of thiazole rings is 1. The number of amides is 2. The molecule has 1 aromatic carbocycles. The van der Waals surface area contributed by atoms with Crippen LogP contribution in [0.4, 0.5) is 15.2 Å². The lowest BCUT2D eigenvalue weighted by Crippen LogP contribution is -2.39. The van der Waals surface area contributed by atoms with Gasteiger partial charge in [-0.1, -0.05) is 17.4 Å². The second-order valence-corrected chi connectivity index (χ2v) is 8.69. The fourth-order valence-corrected chi connectivity index (χ4v) is 4.67. The molecule has 11 heteroatoms. The first-order valence-corrected chi connectivity index (χ1v) is 11.1. The maximum atomic E-state index is 13.7. The zero-order valence-corrected chi connectivity index (χ0v) is 18.5. The molecule has 0 radical (unpaired) electrons. The number of carbonyl (C=O) groups is 2. The van der Waals surface area contributed by atoms with E-state index in [1.807, 2.05) is 4.90 Å². The first-order valence-electron chi connectivity index (χ1n) is 10.2. The highest BCUT2D eigenvalue weighted by Gasteiger charge is 2.26. The molecular weight excluding hydrogens is 435 g/mol. The molecule has 4 rings (SSSR count). The maximum absolute atomic E-state index is 13.7. The van der Waals surface area contributed by atoms with Gasteiger partial charge in [0.15, 0.2) is 10.8 Å². The molecule has 168 valence electrons. The van der Waals surface area contributed by atoms with E-state index in [-0.39, 0.29) is 23.9 Å². The average molecular weight is 459 g/mol. The van der Waals surface area contributed by atoms with Crippen LogP contribution >= 0.6 is 11.3 Å². The van der Waals surface area contributed by atoms with Crippen molar-refractivity contribution in [2.24, 2.45) is 5.92 Å². The summed E-state index contributed by atoms with van der Waals surface area (Å²) < 4.78 is 15.3. The molecule has 0 bridgehead atoms. The predicted molar refractivity (Wildman–Crippen MR) is 120 cm³/mol. The molecule has 3 heterocycles. The SMILES string of the molecule is CNC(=O)C1CCN(c2nc3ncn(CC(=O)Nc4ccc(C)c(F)c4)c(=O)c3s2)CC1. The largest absolute Gasteiger partial charge is 0.359 e. The minimum absolute atomic E-state index is 0.0125. The van der Waals surface area contributed by atoms with Crippen molar-refractivity contribution in [3.63, 3.8) is 0 Å². The van der Waals surface area contributed by atoms with Gasteiger partial charge in [-0.3, -0.25) is 19.0 Å². The predicted octanol–water partition coefficient (Wildman–Crippen LogP) is 1.90. The summed E-state index contributed by atoms with van der Waals surface area (Å²) in [4.78, 5) is 47.8. The Hall–Kier alpha value is -3.34. The van der Waals surface area contributed by atoms with E-state index in [0.29, 0.717) is 52.7 Å². The zero-order chi connectivity index (χ0) is 22.8. The van der Waals surface area contributed by atoms with E-state index in [1.165, 1.54) is 28.3 Å². The summed E-state index contributed by atoms with van der Waals surface area (Å²) in [6, 6.07) is 4.41. The summed E-state index contributed by atoms with van der Waals surface area (Å²) in [7, 11) is 1.64. The number of nitrogens with zero attached hydrogens (tertiary/aromatic N) is 4. The molecule has 9 nitrogen and oxygen atoms in total. The molecule has 2 aromatic heterocycles. The van der Waals surface area contributed by atoms with E-state index in [4.69, 9.17) is 0 Å². The molecule has 2 N–H and O–H groups in total. The fraction of sp³-hybridized carbons (Fsp3) is 0.381. The quantitative estimate of drug-likeness (QED) is 0.605. The van der Waals surface area contributed by atoms with Crippen molar-refractivity contribution >= 4 is 44.3 Å². The molecule has 0 unspecified atom stereocenters. The first kappa shape index (κ1) is 21.9. The molecule has 3 aromatic rings. The Morgan fingerprint density at radius 3 is 2.72 bits per heavy atom. The number of aryl methyl sites for hydroxylation is 1. The van der Waals surface area contributed by atoms with E-state index in [0.717, 1.165) is 0 Å². The van der Waals surface area contributed by atoms with E-state index < -0.39 is 11.7 Å². The van der Waals surface area contributed by atoms with Crippen LogP contribution in [0.25, 0.3) is 10.3 Å². The molecule has 2 amide bonds. The highest BCUT2D eigenvalue weighted by Crippen LogP contribution is 2.29. The third kappa shape index (κ3) is 4.47. The lowest BCUT2D eigenvalue weighted by atomic mass is 9.96. The van der Waals surface area contributed by atoms with Gasteiger partial charge in [0, 0.05) is 31.7 Å². The smallest absolute Gasteiger partial charge is 0.273 e. The van der Waals surface area contributed by atoms with Crippen molar-refractivity contribution < 1.29 is 14.0 Å². The summed E-state index contributed by atoms with van der Waals surface area (Å²) in [5, 5.41) is 5.95. The van der Waals surface area contributed by atoms with Gasteiger partial charge in [0.25, 0.3) is 5.56 Å². The van der Waals surface area contributed by atoms with Gasteiger partial charge < -0.3 is 15.5 Å². The van der Waals surface area contributed by atoms with Crippen LogP contribution in [0.1, 0.15) is 18.4 Å². The van der Waals surface area contributed by atoms with Crippen LogP contribution in [-0.2, 0) is 16.1 Å². The van der Waals surface area contributed by atoms with Gasteiger partial charge >= 0.3 is 0 Å². The minimum atomic E-state index is -0.461. The van der Waals surface area contributed by atoms with Crippen molar-refractivity contribution in [3.05, 3.63) is 46.3 Å². The normalized spacial score (nSPS) is 14.5. The zero-order valence-electron chi connectivity index (χ0n) is 17.7. The fourth-order valence-electron chi connectivity index (χ4n) is 3.65. The Morgan fingerprint density at radius 2 is 2.03 bits per heavy atom. The van der Waals surface area contributed by atoms with E-state index in [9.17, 15) is 18.8 Å². The summed E-state index contributed by atoms with van der Waals surface area (Å²) >= 11 is 1.23. The van der Waals surface area contributed by atoms with E-state index in [1.54, 1.807) is 26.1 Å². The number of halogens is 1. The number of carbonyl (C=O) groups excluding carboxylic acids is 2. The van der Waals surface area contributed by atoms with Crippen molar-refractivity contribution in [2.75, 3.05) is 30.4 Å². The first-order chi connectivity index (χ1) is 15.4. The highest BCUT2D eigenvalue weighted by atomic mass is 32.1.